The molecule has 0 aliphatic heterocycles. The van der Waals surface area contributed by atoms with E-state index in [1.807, 2.05) is 28.8 Å². The Bertz CT molecular complexity index is 1230. The zero-order chi connectivity index (χ0) is 22.6. The van der Waals surface area contributed by atoms with Gasteiger partial charge in [0, 0.05) is 25.7 Å². The number of hydrogen-bond donors (Lipinski definition) is 1. The van der Waals surface area contributed by atoms with Gasteiger partial charge in [-0.3, -0.25) is 0 Å². The summed E-state index contributed by atoms with van der Waals surface area (Å²) >= 11 is 0. The van der Waals surface area contributed by atoms with Gasteiger partial charge in [-0.15, -0.1) is 0 Å². The predicted molar refractivity (Wildman–Crippen MR) is 122 cm³/mol. The summed E-state index contributed by atoms with van der Waals surface area (Å²) in [5.74, 6) is -0.0912. The van der Waals surface area contributed by atoms with Gasteiger partial charge in [-0.2, -0.15) is 4.31 Å². The molecule has 0 saturated heterocycles. The third kappa shape index (κ3) is 5.32. The van der Waals surface area contributed by atoms with E-state index >= 15 is 0 Å². The minimum Gasteiger partial charge on any atom is -0.330 e. The lowest BCUT2D eigenvalue weighted by molar-refractivity contribution is 0.445. The average Bonchev–Trinajstić information content (AvgIpc) is 3.16. The van der Waals surface area contributed by atoms with Crippen LogP contribution in [0, 0.1) is 0 Å². The fourth-order valence-corrected chi connectivity index (χ4v) is 6.13. The molecule has 0 aliphatic rings. The van der Waals surface area contributed by atoms with Gasteiger partial charge < -0.3 is 4.57 Å². The molecule has 31 heavy (non-hydrogen) atoms. The van der Waals surface area contributed by atoms with Gasteiger partial charge in [-0.25, -0.2) is 26.5 Å². The number of aryl methyl sites for hydroxylation is 1. The molecule has 1 heterocycles. The second-order valence-corrected chi connectivity index (χ2v) is 11.1. The van der Waals surface area contributed by atoms with E-state index < -0.39 is 26.1 Å². The molecular formula is C21H28N4O4S2. The first-order chi connectivity index (χ1) is 14.7. The molecule has 1 aromatic heterocycles. The Hall–Kier alpha value is -2.27. The lowest BCUT2D eigenvalue weighted by Gasteiger charge is -2.19. The predicted octanol–water partition coefficient (Wildman–Crippen LogP) is 2.75. The first-order valence-electron chi connectivity index (χ1n) is 10.2. The Morgan fingerprint density at radius 2 is 1.65 bits per heavy atom. The van der Waals surface area contributed by atoms with Crippen molar-refractivity contribution < 1.29 is 16.8 Å². The minimum absolute atomic E-state index is 0.0912. The normalized spacial score (nSPS) is 13.7. The molecule has 2 aromatic carbocycles. The second kappa shape index (κ2) is 9.47. The van der Waals surface area contributed by atoms with Crippen LogP contribution >= 0.6 is 0 Å². The molecule has 1 atom stereocenters. The van der Waals surface area contributed by atoms with Crippen LogP contribution in [0.15, 0.2) is 59.8 Å². The number of imidazole rings is 1. The van der Waals surface area contributed by atoms with Crippen molar-refractivity contribution in [3.63, 3.8) is 0 Å². The lowest BCUT2D eigenvalue weighted by Crippen LogP contribution is -2.31. The highest BCUT2D eigenvalue weighted by atomic mass is 32.2. The van der Waals surface area contributed by atoms with Crippen LogP contribution < -0.4 is 4.72 Å². The van der Waals surface area contributed by atoms with Crippen molar-refractivity contribution in [3.8, 4) is 0 Å². The molecule has 3 aromatic rings. The van der Waals surface area contributed by atoms with Crippen LogP contribution in [0.3, 0.4) is 0 Å². The van der Waals surface area contributed by atoms with E-state index in [0.717, 1.165) is 11.0 Å². The molecule has 1 N–H and O–H groups in total. The summed E-state index contributed by atoms with van der Waals surface area (Å²) in [7, 11) is -7.10. The highest BCUT2D eigenvalue weighted by Crippen LogP contribution is 2.20. The maximum absolute atomic E-state index is 12.6. The lowest BCUT2D eigenvalue weighted by atomic mass is 10.1. The van der Waals surface area contributed by atoms with Crippen LogP contribution in [0.4, 0.5) is 0 Å². The Morgan fingerprint density at radius 3 is 2.29 bits per heavy atom. The van der Waals surface area contributed by atoms with E-state index in [0.29, 0.717) is 18.7 Å². The third-order valence-corrected chi connectivity index (χ3v) is 8.70. The fraction of sp³-hybridized carbons (Fsp3) is 0.381. The van der Waals surface area contributed by atoms with Gasteiger partial charge in [0.2, 0.25) is 20.0 Å². The summed E-state index contributed by atoms with van der Waals surface area (Å²) in [4.78, 5) is 4.47. The van der Waals surface area contributed by atoms with E-state index in [-0.39, 0.29) is 17.2 Å². The number of para-hydroxylation sites is 2. The molecule has 0 radical (unpaired) electrons. The third-order valence-electron chi connectivity index (χ3n) is 5.21. The fourth-order valence-electron chi connectivity index (χ4n) is 3.44. The zero-order valence-electron chi connectivity index (χ0n) is 17.9. The van der Waals surface area contributed by atoms with Gasteiger partial charge >= 0.3 is 0 Å². The van der Waals surface area contributed by atoms with E-state index in [1.165, 1.54) is 16.4 Å². The van der Waals surface area contributed by atoms with Crippen LogP contribution in [0.25, 0.3) is 11.0 Å². The summed E-state index contributed by atoms with van der Waals surface area (Å²) in [6.45, 7) is 6.38. The Balaban J connectivity index is 1.66. The molecule has 1 unspecified atom stereocenters. The van der Waals surface area contributed by atoms with Crippen LogP contribution in [-0.4, -0.2) is 49.5 Å². The van der Waals surface area contributed by atoms with Crippen LogP contribution in [-0.2, 0) is 26.6 Å². The molecule has 8 nitrogen and oxygen atoms in total. The van der Waals surface area contributed by atoms with Crippen molar-refractivity contribution in [1.82, 2.24) is 18.6 Å². The quantitative estimate of drug-likeness (QED) is 0.497. The monoisotopic (exact) mass is 464 g/mol. The van der Waals surface area contributed by atoms with Crippen LogP contribution in [0.1, 0.15) is 32.4 Å². The number of rotatable bonds is 10. The smallest absolute Gasteiger partial charge is 0.243 e. The average molecular weight is 465 g/mol. The van der Waals surface area contributed by atoms with Gasteiger partial charge in [0.1, 0.15) is 0 Å². The number of benzene rings is 2. The molecule has 3 rings (SSSR count). The number of nitrogens with zero attached hydrogens (tertiary/aromatic N) is 3. The molecular weight excluding hydrogens is 436 g/mol. The summed E-state index contributed by atoms with van der Waals surface area (Å²) in [5.41, 5.74) is 2.40. The number of aromatic nitrogens is 2. The maximum Gasteiger partial charge on any atom is 0.243 e. The highest BCUT2D eigenvalue weighted by molar-refractivity contribution is 7.89. The van der Waals surface area contributed by atoms with Crippen molar-refractivity contribution in [1.29, 1.82) is 0 Å². The Kier molecular flexibility index (Phi) is 7.15. The van der Waals surface area contributed by atoms with Crippen molar-refractivity contribution in [2.45, 2.75) is 38.3 Å². The second-order valence-electron chi connectivity index (χ2n) is 7.24. The highest BCUT2D eigenvalue weighted by Gasteiger charge is 2.22. The van der Waals surface area contributed by atoms with Crippen molar-refractivity contribution in [3.05, 3.63) is 60.4 Å². The Labute approximate surface area is 184 Å². The van der Waals surface area contributed by atoms with E-state index in [2.05, 4.69) is 9.71 Å². The van der Waals surface area contributed by atoms with Gasteiger partial charge in [0.05, 0.1) is 28.0 Å². The molecule has 168 valence electrons. The first kappa shape index (κ1) is 23.4. The Morgan fingerprint density at radius 1 is 1.00 bits per heavy atom. The minimum atomic E-state index is -3.56. The molecule has 0 aliphatic carbocycles. The number of fused-ring (bicyclic) bond motifs is 1. The van der Waals surface area contributed by atoms with Crippen LogP contribution in [0.5, 0.6) is 0 Å². The zero-order valence-corrected chi connectivity index (χ0v) is 19.5. The molecule has 0 saturated carbocycles. The standard InChI is InChI=1S/C21H28N4O4S2/c1-4-25(5-2)31(28,29)19-12-10-18(11-13-19)17(3)23-30(26,27)15-14-24-16-22-20-8-6-7-9-21(20)24/h6-13,16-17,23H,4-5,14-15H2,1-3H3. The summed E-state index contributed by atoms with van der Waals surface area (Å²) in [5, 5.41) is 0. The molecule has 0 amide bonds. The summed E-state index contributed by atoms with van der Waals surface area (Å²) in [6.07, 6.45) is 1.64. The SMILES string of the molecule is CCN(CC)S(=O)(=O)c1ccc(C(C)NS(=O)(=O)CCn2cnc3ccccc32)cc1. The molecule has 0 fully saturated rings. The topological polar surface area (TPSA) is 101 Å². The maximum atomic E-state index is 12.6. The number of hydrogen-bond acceptors (Lipinski definition) is 5. The molecule has 0 bridgehead atoms. The van der Waals surface area contributed by atoms with Crippen molar-refractivity contribution in [2.75, 3.05) is 18.8 Å². The van der Waals surface area contributed by atoms with Gasteiger partial charge in [-0.1, -0.05) is 38.1 Å². The van der Waals surface area contributed by atoms with Crippen molar-refractivity contribution >= 4 is 31.1 Å². The largest absolute Gasteiger partial charge is 0.330 e. The van der Waals surface area contributed by atoms with Crippen LogP contribution in [0.2, 0.25) is 0 Å². The van der Waals surface area contributed by atoms with E-state index in [4.69, 9.17) is 0 Å². The number of nitrogens with one attached hydrogen (secondary N) is 1. The number of sulfonamides is 2. The molecule has 10 heteroatoms. The van der Waals surface area contributed by atoms with E-state index in [1.54, 1.807) is 39.2 Å². The van der Waals surface area contributed by atoms with Gasteiger partial charge in [-0.05, 0) is 36.8 Å². The first-order valence-corrected chi connectivity index (χ1v) is 13.3. The van der Waals surface area contributed by atoms with Gasteiger partial charge in [0.15, 0.2) is 0 Å². The van der Waals surface area contributed by atoms with Gasteiger partial charge in [0.25, 0.3) is 0 Å². The van der Waals surface area contributed by atoms with E-state index in [9.17, 15) is 16.8 Å². The summed E-state index contributed by atoms with van der Waals surface area (Å²) in [6, 6.07) is 13.4. The van der Waals surface area contributed by atoms with Crippen molar-refractivity contribution in [2.24, 2.45) is 0 Å². The summed E-state index contributed by atoms with van der Waals surface area (Å²) < 4.78 is 56.2. The molecule has 0 spiro atoms.